The van der Waals surface area contributed by atoms with E-state index in [0.717, 1.165) is 103 Å². The number of amides is 2. The Morgan fingerprint density at radius 3 is 1.25 bits per heavy atom. The topological polar surface area (TPSA) is 185 Å². The summed E-state index contributed by atoms with van der Waals surface area (Å²) in [6, 6.07) is 15.5. The van der Waals surface area contributed by atoms with Crippen LogP contribution in [-0.4, -0.2) is 91.7 Å². The number of aromatic nitrogens is 3. The fourth-order valence-corrected chi connectivity index (χ4v) is 11.2. The Balaban J connectivity index is 1.50. The fourth-order valence-electron chi connectivity index (χ4n) is 11.2. The number of methoxy groups -OCH3 is 1. The summed E-state index contributed by atoms with van der Waals surface area (Å²) in [6.45, 7) is 31.8. The van der Waals surface area contributed by atoms with E-state index >= 15 is 0 Å². The zero-order valence-corrected chi connectivity index (χ0v) is 51.8. The van der Waals surface area contributed by atoms with Crippen LogP contribution in [0.2, 0.25) is 0 Å². The second kappa shape index (κ2) is 30.7. The van der Waals surface area contributed by atoms with Crippen molar-refractivity contribution in [2.24, 2.45) is 44.7 Å². The molecule has 0 saturated heterocycles. The number of ether oxygens (including phenoxy) is 1. The van der Waals surface area contributed by atoms with E-state index in [4.69, 9.17) is 29.9 Å². The largest absolute Gasteiger partial charge is 0.467 e. The molecular weight excluding hydrogens is 995 g/mol. The number of nitrogens with one attached hydrogen (secondary N) is 4. The van der Waals surface area contributed by atoms with Gasteiger partial charge in [0.15, 0.2) is 11.6 Å². The molecule has 0 aliphatic heterocycles. The Labute approximate surface area is 482 Å². The molecule has 80 heavy (non-hydrogen) atoms. The molecule has 0 spiro atoms. The van der Waals surface area contributed by atoms with Crippen LogP contribution in [-0.2, 0) is 0 Å². The lowest BCUT2D eigenvalue weighted by Crippen LogP contribution is -2.43. The summed E-state index contributed by atoms with van der Waals surface area (Å²) in [6.07, 6.45) is 20.7. The first-order valence-electron chi connectivity index (χ1n) is 30.6. The van der Waals surface area contributed by atoms with Crippen molar-refractivity contribution in [2.75, 3.05) is 31.1 Å². The fraction of sp³-hybridized carbons (Fsp3) is 0.621. The molecule has 2 aliphatic rings. The number of anilines is 2. The van der Waals surface area contributed by atoms with Gasteiger partial charge in [0, 0.05) is 48.2 Å². The van der Waals surface area contributed by atoms with Crippen molar-refractivity contribution >= 4 is 57.2 Å². The number of hydrogen-bond donors (Lipinski definition) is 4. The molecule has 0 bridgehead atoms. The average molecular weight is 1100 g/mol. The summed E-state index contributed by atoms with van der Waals surface area (Å²) in [7, 11) is 1.50. The number of rotatable bonds is 31. The maximum atomic E-state index is 14.9. The molecule has 0 saturated carbocycles. The smallest absolute Gasteiger partial charge is 0.320 e. The van der Waals surface area contributed by atoms with Crippen LogP contribution in [0.4, 0.5) is 11.4 Å². The van der Waals surface area contributed by atoms with Gasteiger partial charge in [0.2, 0.25) is 0 Å². The summed E-state index contributed by atoms with van der Waals surface area (Å²) < 4.78 is 5.73. The Morgan fingerprint density at radius 1 is 0.562 bits per heavy atom. The van der Waals surface area contributed by atoms with E-state index in [2.05, 4.69) is 118 Å². The van der Waals surface area contributed by atoms with Crippen molar-refractivity contribution in [2.45, 2.75) is 212 Å². The van der Waals surface area contributed by atoms with Crippen LogP contribution in [0.5, 0.6) is 6.01 Å². The van der Waals surface area contributed by atoms with E-state index in [-0.39, 0.29) is 75.6 Å². The molecule has 2 amide bonds. The number of nitrogens with zero attached hydrogens (tertiary/aromatic N) is 7. The summed E-state index contributed by atoms with van der Waals surface area (Å²) >= 11 is 0. The highest BCUT2D eigenvalue weighted by molar-refractivity contribution is 6.61. The SMILES string of the molecule is CCCCC(CC)CN(C(=O)c1ccccc1N/N=C1\C(=N)C(c2nc(OC)nc(C3=CC(C(C)(C)C)/C(=N\Nc4ccccc4C(=O)N(CC(CC)CCCC)C(CC)CCCC)C3=N)n2)=CC1C(C)(C)C)C(CC)CCCC. The Bertz CT molecular complexity index is 2500. The van der Waals surface area contributed by atoms with Crippen molar-refractivity contribution < 1.29 is 14.3 Å². The number of benzene rings is 2. The third kappa shape index (κ3) is 16.5. The first-order valence-corrected chi connectivity index (χ1v) is 30.6. The van der Waals surface area contributed by atoms with Gasteiger partial charge in [-0.3, -0.25) is 31.3 Å². The molecule has 4 N–H and O–H groups in total. The number of carbonyl (C=O) groups is 2. The lowest BCUT2D eigenvalue weighted by Gasteiger charge is -2.35. The van der Waals surface area contributed by atoms with Crippen LogP contribution in [0, 0.1) is 45.3 Å². The monoisotopic (exact) mass is 1100 g/mol. The van der Waals surface area contributed by atoms with Gasteiger partial charge in [-0.15, -0.1) is 0 Å². The van der Waals surface area contributed by atoms with Crippen LogP contribution in [0.1, 0.15) is 232 Å². The number of carbonyl (C=O) groups excluding carboxylic acids is 2. The molecule has 1 aromatic heterocycles. The van der Waals surface area contributed by atoms with Crippen LogP contribution in [0.25, 0.3) is 11.1 Å². The highest BCUT2D eigenvalue weighted by Gasteiger charge is 2.41. The maximum absolute atomic E-state index is 14.9. The molecule has 6 atom stereocenters. The minimum absolute atomic E-state index is 0.00345. The third-order valence-corrected chi connectivity index (χ3v) is 16.5. The minimum atomic E-state index is -0.378. The van der Waals surface area contributed by atoms with Crippen molar-refractivity contribution in [1.29, 1.82) is 10.8 Å². The third-order valence-electron chi connectivity index (χ3n) is 16.5. The zero-order valence-electron chi connectivity index (χ0n) is 51.8. The predicted molar refractivity (Wildman–Crippen MR) is 335 cm³/mol. The van der Waals surface area contributed by atoms with E-state index in [1.165, 1.54) is 7.11 Å². The second-order valence-corrected chi connectivity index (χ2v) is 24.5. The normalized spacial score (nSPS) is 18.2. The average Bonchev–Trinajstić information content (AvgIpc) is 4.05. The van der Waals surface area contributed by atoms with Crippen LogP contribution in [0.3, 0.4) is 0 Å². The number of para-hydroxylation sites is 2. The van der Waals surface area contributed by atoms with Crippen LogP contribution >= 0.6 is 0 Å². The van der Waals surface area contributed by atoms with E-state index < -0.39 is 0 Å². The summed E-state index contributed by atoms with van der Waals surface area (Å²) in [5.74, 6) is 0.610. The van der Waals surface area contributed by atoms with E-state index in [1.54, 1.807) is 0 Å². The highest BCUT2D eigenvalue weighted by atomic mass is 16.5. The summed E-state index contributed by atoms with van der Waals surface area (Å²) in [5.41, 5.74) is 10.3. The molecule has 1 heterocycles. The summed E-state index contributed by atoms with van der Waals surface area (Å²) in [4.78, 5) is 48.5. The van der Waals surface area contributed by atoms with Crippen molar-refractivity contribution in [3.63, 3.8) is 0 Å². The molecule has 2 aliphatic carbocycles. The van der Waals surface area contributed by atoms with Gasteiger partial charge >= 0.3 is 6.01 Å². The van der Waals surface area contributed by atoms with Crippen LogP contribution in [0.15, 0.2) is 70.9 Å². The van der Waals surface area contributed by atoms with Gasteiger partial charge in [-0.05, 0) is 85.5 Å². The number of hydrogen-bond acceptors (Lipinski definition) is 12. The molecule has 0 radical (unpaired) electrons. The predicted octanol–water partition coefficient (Wildman–Crippen LogP) is 16.2. The number of hydrazone groups is 2. The Hall–Kier alpha value is -6.05. The number of allylic oxidation sites excluding steroid dienone is 4. The van der Waals surface area contributed by atoms with Gasteiger partial charge in [-0.2, -0.15) is 20.2 Å². The molecule has 14 heteroatoms. The summed E-state index contributed by atoms with van der Waals surface area (Å²) in [5, 5.41) is 29.5. The first kappa shape index (κ1) is 64.8. The van der Waals surface area contributed by atoms with Crippen molar-refractivity contribution in [1.82, 2.24) is 24.8 Å². The molecule has 14 nitrogen and oxygen atoms in total. The first-order chi connectivity index (χ1) is 38.2. The molecular formula is C66H101N11O3. The lowest BCUT2D eigenvalue weighted by atomic mass is 9.79. The molecule has 438 valence electrons. The minimum Gasteiger partial charge on any atom is -0.467 e. The van der Waals surface area contributed by atoms with Gasteiger partial charge in [0.05, 0.1) is 52.5 Å². The second-order valence-electron chi connectivity index (χ2n) is 24.5. The highest BCUT2D eigenvalue weighted by Crippen LogP contribution is 2.41. The van der Waals surface area contributed by atoms with Crippen LogP contribution < -0.4 is 15.6 Å². The maximum Gasteiger partial charge on any atom is 0.320 e. The molecule has 5 rings (SSSR count). The number of unbranched alkanes of at least 4 members (excludes halogenated alkanes) is 4. The van der Waals surface area contributed by atoms with E-state index in [9.17, 15) is 20.4 Å². The molecule has 2 aromatic carbocycles. The molecule has 3 aromatic rings. The van der Waals surface area contributed by atoms with Gasteiger partial charge in [0.25, 0.3) is 11.8 Å². The van der Waals surface area contributed by atoms with Crippen molar-refractivity contribution in [3.8, 4) is 6.01 Å². The van der Waals surface area contributed by atoms with Crippen molar-refractivity contribution in [3.05, 3.63) is 83.5 Å². The van der Waals surface area contributed by atoms with Gasteiger partial charge in [0.1, 0.15) is 0 Å². The van der Waals surface area contributed by atoms with E-state index in [0.29, 0.717) is 70.0 Å². The Morgan fingerprint density at radius 2 is 0.925 bits per heavy atom. The lowest BCUT2D eigenvalue weighted by molar-refractivity contribution is 0.0607. The molecule has 0 fully saturated rings. The molecule has 6 unspecified atom stereocenters. The quantitative estimate of drug-likeness (QED) is 0.0459. The van der Waals surface area contributed by atoms with Gasteiger partial charge in [-0.25, -0.2) is 4.98 Å². The van der Waals surface area contributed by atoms with E-state index in [1.807, 2.05) is 60.7 Å². The van der Waals surface area contributed by atoms with Gasteiger partial charge in [-0.1, -0.05) is 198 Å². The standard InChI is InChI=1S/C66H101N11O3/c1-16-24-32-44(20-5)42-76(46(22-7)34-26-18-3)62(78)48-36-28-30-38-54(48)72-74-58-52(65(9,10)11)40-50(56(58)67)60-69-61(71-64(70-60)80-15)51-41-53(66(12,13)14)59(57(51)68)75-73-55-39-31-29-37-49(55)63(79)77(47(23-8)35-27-19-4)43-45(21-6)33-25-17-2/h28-31,36-41,44-47,52-53,67-68,72-73H,16-27,32-35,42-43H2,1-15H3/b67-56?,68-57?,74-58-,75-59+. The Kier molecular flexibility index (Phi) is 24.8. The van der Waals surface area contributed by atoms with Gasteiger partial charge < -0.3 is 14.5 Å². The zero-order chi connectivity index (χ0) is 58.7.